The first-order valence-electron chi connectivity index (χ1n) is 6.94. The Labute approximate surface area is 112 Å². The quantitative estimate of drug-likeness (QED) is 0.778. The summed E-state index contributed by atoms with van der Waals surface area (Å²) in [5.74, 6) is -0.315. The number of anilines is 2. The summed E-state index contributed by atoms with van der Waals surface area (Å²) in [5.41, 5.74) is 1.43. The number of carbonyl (C=O) groups excluding carboxylic acids is 1. The summed E-state index contributed by atoms with van der Waals surface area (Å²) >= 11 is 0. The van der Waals surface area contributed by atoms with Gasteiger partial charge in [-0.15, -0.1) is 0 Å². The molecule has 3 nitrogen and oxygen atoms in total. The summed E-state index contributed by atoms with van der Waals surface area (Å²) in [7, 11) is 2.03. The Hall–Kier alpha value is -1.58. The Morgan fingerprint density at radius 2 is 2.00 bits per heavy atom. The number of halogens is 1. The molecular weight excluding hydrogens is 243 g/mol. The molecule has 1 aliphatic carbocycles. The number of fused-ring (bicyclic) bond motifs is 1. The molecule has 1 N–H and O–H groups in total. The van der Waals surface area contributed by atoms with Gasteiger partial charge in [0.25, 0.3) is 0 Å². The number of benzene rings is 1. The lowest BCUT2D eigenvalue weighted by atomic mass is 9.78. The second-order valence-electron chi connectivity index (χ2n) is 5.73. The van der Waals surface area contributed by atoms with Crippen LogP contribution in [0.15, 0.2) is 18.2 Å². The van der Waals surface area contributed by atoms with Crippen LogP contribution in [0.1, 0.15) is 38.5 Å². The number of rotatable bonds is 0. The zero-order chi connectivity index (χ0) is 13.5. The monoisotopic (exact) mass is 262 g/mol. The van der Waals surface area contributed by atoms with Crippen LogP contribution in [0.2, 0.25) is 0 Å². The average Bonchev–Trinajstić information content (AvgIpc) is 2.47. The highest BCUT2D eigenvalue weighted by molar-refractivity contribution is 5.97. The van der Waals surface area contributed by atoms with Gasteiger partial charge in [0.1, 0.15) is 5.82 Å². The Balaban J connectivity index is 2.06. The first-order chi connectivity index (χ1) is 9.11. The third-order valence-corrected chi connectivity index (χ3v) is 4.58. The lowest BCUT2D eigenvalue weighted by Crippen LogP contribution is -2.49. The van der Waals surface area contributed by atoms with Crippen molar-refractivity contribution in [3.05, 3.63) is 24.0 Å². The zero-order valence-corrected chi connectivity index (χ0v) is 11.2. The van der Waals surface area contributed by atoms with Gasteiger partial charge in [0.2, 0.25) is 5.91 Å². The summed E-state index contributed by atoms with van der Waals surface area (Å²) in [6.45, 7) is 0. The molecule has 1 aliphatic heterocycles. The van der Waals surface area contributed by atoms with E-state index in [1.54, 1.807) is 6.07 Å². The van der Waals surface area contributed by atoms with Gasteiger partial charge < -0.3 is 10.2 Å². The number of hydrogen-bond acceptors (Lipinski definition) is 2. The second kappa shape index (κ2) is 4.51. The van der Waals surface area contributed by atoms with Gasteiger partial charge in [-0.25, -0.2) is 4.39 Å². The highest BCUT2D eigenvalue weighted by atomic mass is 19.1. The first kappa shape index (κ1) is 12.5. The number of carbonyl (C=O) groups is 1. The standard InChI is InChI=1S/C15H19FN2O/c1-18-13-6-5-11(16)9-12(13)17-14(19)10-15(18)7-3-2-4-8-15/h5-6,9H,2-4,7-8,10H2,1H3,(H,17,19). The Morgan fingerprint density at radius 1 is 1.26 bits per heavy atom. The van der Waals surface area contributed by atoms with E-state index in [1.807, 2.05) is 7.05 Å². The molecule has 1 saturated carbocycles. The van der Waals surface area contributed by atoms with Gasteiger partial charge in [-0.1, -0.05) is 19.3 Å². The number of hydrogen-bond donors (Lipinski definition) is 1. The molecule has 102 valence electrons. The van der Waals surface area contributed by atoms with Gasteiger partial charge in [0.05, 0.1) is 17.8 Å². The lowest BCUT2D eigenvalue weighted by Gasteiger charge is -2.44. The van der Waals surface area contributed by atoms with Crippen molar-refractivity contribution in [1.82, 2.24) is 0 Å². The number of nitrogens with one attached hydrogen (secondary N) is 1. The molecule has 4 heteroatoms. The maximum atomic E-state index is 13.3. The molecule has 3 rings (SSSR count). The Kier molecular flexibility index (Phi) is 2.96. The maximum absolute atomic E-state index is 13.3. The maximum Gasteiger partial charge on any atom is 0.226 e. The second-order valence-corrected chi connectivity index (χ2v) is 5.73. The minimum atomic E-state index is -0.313. The molecule has 1 heterocycles. The van der Waals surface area contributed by atoms with Gasteiger partial charge >= 0.3 is 0 Å². The Morgan fingerprint density at radius 3 is 2.74 bits per heavy atom. The summed E-state index contributed by atoms with van der Waals surface area (Å²) in [4.78, 5) is 14.3. The summed E-state index contributed by atoms with van der Waals surface area (Å²) in [5, 5.41) is 2.84. The van der Waals surface area contributed by atoms with Crippen LogP contribution in [0.5, 0.6) is 0 Å². The predicted octanol–water partition coefficient (Wildman–Crippen LogP) is 3.31. The van der Waals surface area contributed by atoms with Crippen molar-refractivity contribution in [3.63, 3.8) is 0 Å². The van der Waals surface area contributed by atoms with Crippen LogP contribution in [-0.4, -0.2) is 18.5 Å². The van der Waals surface area contributed by atoms with E-state index < -0.39 is 0 Å². The smallest absolute Gasteiger partial charge is 0.226 e. The highest BCUT2D eigenvalue weighted by Gasteiger charge is 2.40. The SMILES string of the molecule is CN1c2ccc(F)cc2NC(=O)CC12CCCCC2. The fraction of sp³-hybridized carbons (Fsp3) is 0.533. The van der Waals surface area contributed by atoms with Crippen molar-refractivity contribution < 1.29 is 9.18 Å². The van der Waals surface area contributed by atoms with E-state index in [9.17, 15) is 9.18 Å². The molecule has 2 aliphatic rings. The molecule has 0 radical (unpaired) electrons. The van der Waals surface area contributed by atoms with E-state index in [2.05, 4.69) is 10.2 Å². The van der Waals surface area contributed by atoms with Crippen molar-refractivity contribution in [1.29, 1.82) is 0 Å². The summed E-state index contributed by atoms with van der Waals surface area (Å²) in [6, 6.07) is 4.64. The fourth-order valence-electron chi connectivity index (χ4n) is 3.49. The van der Waals surface area contributed by atoms with Crippen molar-refractivity contribution in [2.24, 2.45) is 0 Å². The predicted molar refractivity (Wildman–Crippen MR) is 73.9 cm³/mol. The minimum absolute atomic E-state index is 0.00176. The lowest BCUT2D eigenvalue weighted by molar-refractivity contribution is -0.117. The van der Waals surface area contributed by atoms with Gasteiger partial charge in [-0.3, -0.25) is 4.79 Å². The summed E-state index contributed by atoms with van der Waals surface area (Å²) in [6.07, 6.45) is 6.14. The molecule has 1 amide bonds. The molecule has 1 spiro atoms. The van der Waals surface area contributed by atoms with Gasteiger partial charge in [-0.05, 0) is 31.0 Å². The molecular formula is C15H19FN2O. The molecule has 0 atom stereocenters. The van der Waals surface area contributed by atoms with Gasteiger partial charge in [0, 0.05) is 12.6 Å². The zero-order valence-electron chi connectivity index (χ0n) is 11.2. The van der Waals surface area contributed by atoms with E-state index in [1.165, 1.54) is 18.6 Å². The highest BCUT2D eigenvalue weighted by Crippen LogP contribution is 2.43. The van der Waals surface area contributed by atoms with Crippen LogP contribution in [0.25, 0.3) is 0 Å². The van der Waals surface area contributed by atoms with Gasteiger partial charge in [-0.2, -0.15) is 0 Å². The van der Waals surface area contributed by atoms with E-state index in [-0.39, 0.29) is 17.3 Å². The van der Waals surface area contributed by atoms with Crippen LogP contribution >= 0.6 is 0 Å². The van der Waals surface area contributed by atoms with E-state index in [0.717, 1.165) is 31.4 Å². The van der Waals surface area contributed by atoms with Crippen LogP contribution in [-0.2, 0) is 4.79 Å². The fourth-order valence-corrected chi connectivity index (χ4v) is 3.49. The molecule has 0 aromatic heterocycles. The topological polar surface area (TPSA) is 32.3 Å². The summed E-state index contributed by atoms with van der Waals surface area (Å²) < 4.78 is 13.3. The normalized spacial score (nSPS) is 21.8. The van der Waals surface area contributed by atoms with Crippen molar-refractivity contribution >= 4 is 17.3 Å². The average molecular weight is 262 g/mol. The molecule has 1 fully saturated rings. The van der Waals surface area contributed by atoms with Crippen molar-refractivity contribution in [3.8, 4) is 0 Å². The largest absolute Gasteiger partial charge is 0.367 e. The van der Waals surface area contributed by atoms with Crippen molar-refractivity contribution in [2.75, 3.05) is 17.3 Å². The van der Waals surface area contributed by atoms with Crippen molar-refractivity contribution in [2.45, 2.75) is 44.1 Å². The van der Waals surface area contributed by atoms with Gasteiger partial charge in [0.15, 0.2) is 0 Å². The van der Waals surface area contributed by atoms with Crippen LogP contribution < -0.4 is 10.2 Å². The Bertz CT molecular complexity index is 509. The van der Waals surface area contributed by atoms with Crippen LogP contribution in [0.4, 0.5) is 15.8 Å². The van der Waals surface area contributed by atoms with E-state index in [4.69, 9.17) is 0 Å². The molecule has 0 bridgehead atoms. The third kappa shape index (κ3) is 2.09. The molecule has 0 unspecified atom stereocenters. The van der Waals surface area contributed by atoms with Crippen LogP contribution in [0, 0.1) is 5.82 Å². The molecule has 0 saturated heterocycles. The third-order valence-electron chi connectivity index (χ3n) is 4.58. The first-order valence-corrected chi connectivity index (χ1v) is 6.94. The molecule has 19 heavy (non-hydrogen) atoms. The van der Waals surface area contributed by atoms with E-state index in [0.29, 0.717) is 12.1 Å². The minimum Gasteiger partial charge on any atom is -0.367 e. The van der Waals surface area contributed by atoms with Crippen LogP contribution in [0.3, 0.4) is 0 Å². The molecule has 1 aromatic carbocycles. The van der Waals surface area contributed by atoms with E-state index >= 15 is 0 Å². The number of amides is 1. The number of nitrogens with zero attached hydrogens (tertiary/aromatic N) is 1. The molecule has 1 aromatic rings.